The Balaban J connectivity index is 2.01. The van der Waals surface area contributed by atoms with E-state index >= 15 is 0 Å². The zero-order valence-electron chi connectivity index (χ0n) is 11.0. The highest BCUT2D eigenvalue weighted by molar-refractivity contribution is 5.24. The standard InChI is InChI=1S/C11H17N7O/c1-17(2)5-3-7-19-11-15-9(12)14-10(16-11)18-6-4-13-8-18/h4,6,8H,3,5,7H2,1-2H3,(H2,12,14,15,16). The zero-order valence-corrected chi connectivity index (χ0v) is 11.0. The number of imidazole rings is 1. The molecule has 0 aliphatic heterocycles. The summed E-state index contributed by atoms with van der Waals surface area (Å²) >= 11 is 0. The van der Waals surface area contributed by atoms with Crippen LogP contribution in [0.3, 0.4) is 0 Å². The lowest BCUT2D eigenvalue weighted by Gasteiger charge is -2.10. The lowest BCUT2D eigenvalue weighted by atomic mass is 10.4. The van der Waals surface area contributed by atoms with E-state index < -0.39 is 0 Å². The van der Waals surface area contributed by atoms with Gasteiger partial charge in [-0.25, -0.2) is 4.98 Å². The molecule has 0 atom stereocenters. The largest absolute Gasteiger partial charge is 0.463 e. The number of ether oxygens (including phenoxy) is 1. The molecule has 0 spiro atoms. The van der Waals surface area contributed by atoms with Crippen LogP contribution in [0.25, 0.3) is 5.95 Å². The fraction of sp³-hybridized carbons (Fsp3) is 0.455. The molecular formula is C11H17N7O. The third-order valence-electron chi connectivity index (χ3n) is 2.34. The lowest BCUT2D eigenvalue weighted by molar-refractivity contribution is 0.263. The van der Waals surface area contributed by atoms with Gasteiger partial charge in [-0.15, -0.1) is 0 Å². The first-order valence-corrected chi connectivity index (χ1v) is 5.92. The van der Waals surface area contributed by atoms with Crippen LogP contribution in [0.1, 0.15) is 6.42 Å². The average Bonchev–Trinajstić information content (AvgIpc) is 2.87. The molecule has 8 nitrogen and oxygen atoms in total. The molecule has 102 valence electrons. The van der Waals surface area contributed by atoms with Crippen molar-refractivity contribution in [2.45, 2.75) is 6.42 Å². The summed E-state index contributed by atoms with van der Waals surface area (Å²) in [5, 5.41) is 0. The van der Waals surface area contributed by atoms with E-state index in [0.29, 0.717) is 12.6 Å². The maximum Gasteiger partial charge on any atom is 0.323 e. The lowest BCUT2D eigenvalue weighted by Crippen LogP contribution is -2.16. The van der Waals surface area contributed by atoms with Crippen molar-refractivity contribution in [1.29, 1.82) is 0 Å². The molecule has 19 heavy (non-hydrogen) atoms. The van der Waals surface area contributed by atoms with E-state index in [1.165, 1.54) is 0 Å². The SMILES string of the molecule is CN(C)CCCOc1nc(N)nc(-n2ccnc2)n1. The van der Waals surface area contributed by atoms with Gasteiger partial charge in [0.15, 0.2) is 0 Å². The fourth-order valence-electron chi connectivity index (χ4n) is 1.46. The molecule has 2 heterocycles. The summed E-state index contributed by atoms with van der Waals surface area (Å²) in [4.78, 5) is 18.2. The quantitative estimate of drug-likeness (QED) is 0.731. The Morgan fingerprint density at radius 1 is 1.32 bits per heavy atom. The minimum atomic E-state index is 0.126. The topological polar surface area (TPSA) is 95.0 Å². The molecule has 2 aromatic rings. The molecule has 0 radical (unpaired) electrons. The van der Waals surface area contributed by atoms with Crippen molar-refractivity contribution in [3.05, 3.63) is 18.7 Å². The van der Waals surface area contributed by atoms with Gasteiger partial charge in [0.2, 0.25) is 11.9 Å². The highest BCUT2D eigenvalue weighted by Crippen LogP contribution is 2.08. The molecule has 0 aromatic carbocycles. The van der Waals surface area contributed by atoms with E-state index in [2.05, 4.69) is 24.8 Å². The Hall–Kier alpha value is -2.22. The number of nitrogens with two attached hydrogens (primary N) is 1. The average molecular weight is 263 g/mol. The summed E-state index contributed by atoms with van der Waals surface area (Å²) in [6, 6.07) is 0.231. The van der Waals surface area contributed by atoms with Crippen LogP contribution in [0.5, 0.6) is 6.01 Å². The second kappa shape index (κ2) is 6.10. The van der Waals surface area contributed by atoms with Gasteiger partial charge in [0.25, 0.3) is 0 Å². The maximum absolute atomic E-state index is 5.63. The van der Waals surface area contributed by atoms with Crippen LogP contribution in [0.2, 0.25) is 0 Å². The number of aromatic nitrogens is 5. The third-order valence-corrected chi connectivity index (χ3v) is 2.34. The van der Waals surface area contributed by atoms with Gasteiger partial charge in [-0.2, -0.15) is 15.0 Å². The van der Waals surface area contributed by atoms with Crippen LogP contribution >= 0.6 is 0 Å². The second-order valence-electron chi connectivity index (χ2n) is 4.25. The Morgan fingerprint density at radius 2 is 2.16 bits per heavy atom. The van der Waals surface area contributed by atoms with E-state index in [-0.39, 0.29) is 12.0 Å². The van der Waals surface area contributed by atoms with Gasteiger partial charge >= 0.3 is 6.01 Å². The van der Waals surface area contributed by atoms with Crippen LogP contribution in [0, 0.1) is 0 Å². The summed E-state index contributed by atoms with van der Waals surface area (Å²) in [6.45, 7) is 1.47. The summed E-state index contributed by atoms with van der Waals surface area (Å²) in [5.41, 5.74) is 5.63. The predicted octanol–water partition coefficient (Wildman–Crippen LogP) is -0.0300. The molecule has 8 heteroatoms. The minimum Gasteiger partial charge on any atom is -0.463 e. The van der Waals surface area contributed by atoms with E-state index in [1.807, 2.05) is 14.1 Å². The number of nitrogen functional groups attached to an aromatic ring is 1. The second-order valence-corrected chi connectivity index (χ2v) is 4.25. The highest BCUT2D eigenvalue weighted by Gasteiger charge is 2.07. The van der Waals surface area contributed by atoms with Crippen LogP contribution in [0.15, 0.2) is 18.7 Å². The fourth-order valence-corrected chi connectivity index (χ4v) is 1.46. The highest BCUT2D eigenvalue weighted by atomic mass is 16.5. The third kappa shape index (κ3) is 3.88. The van der Waals surface area contributed by atoms with Gasteiger partial charge in [-0.3, -0.25) is 4.57 Å². The van der Waals surface area contributed by atoms with Crippen molar-refractivity contribution in [3.8, 4) is 12.0 Å². The molecule has 0 bridgehead atoms. The van der Waals surface area contributed by atoms with Gasteiger partial charge in [-0.1, -0.05) is 0 Å². The first kappa shape index (κ1) is 13.2. The molecule has 2 N–H and O–H groups in total. The minimum absolute atomic E-state index is 0.126. The number of anilines is 1. The van der Waals surface area contributed by atoms with Gasteiger partial charge in [0, 0.05) is 18.9 Å². The Labute approximate surface area is 111 Å². The molecule has 0 saturated carbocycles. The number of hydrogen-bond donors (Lipinski definition) is 1. The number of hydrogen-bond acceptors (Lipinski definition) is 7. The smallest absolute Gasteiger partial charge is 0.323 e. The summed E-state index contributed by atoms with van der Waals surface area (Å²) < 4.78 is 7.12. The summed E-state index contributed by atoms with van der Waals surface area (Å²) in [5.74, 6) is 0.522. The van der Waals surface area contributed by atoms with E-state index in [0.717, 1.165) is 13.0 Å². The first-order valence-electron chi connectivity index (χ1n) is 5.92. The van der Waals surface area contributed by atoms with Crippen LogP contribution in [-0.4, -0.2) is 56.6 Å². The molecule has 0 unspecified atom stereocenters. The van der Waals surface area contributed by atoms with Crippen molar-refractivity contribution < 1.29 is 4.74 Å². The molecule has 0 amide bonds. The molecule has 2 aromatic heterocycles. The van der Waals surface area contributed by atoms with Gasteiger partial charge in [0.1, 0.15) is 6.33 Å². The van der Waals surface area contributed by atoms with Crippen LogP contribution < -0.4 is 10.5 Å². The van der Waals surface area contributed by atoms with Crippen molar-refractivity contribution in [2.24, 2.45) is 0 Å². The molecule has 0 fully saturated rings. The van der Waals surface area contributed by atoms with Gasteiger partial charge in [0.05, 0.1) is 6.61 Å². The van der Waals surface area contributed by atoms with Gasteiger partial charge in [-0.05, 0) is 20.5 Å². The van der Waals surface area contributed by atoms with Crippen LogP contribution in [-0.2, 0) is 0 Å². The van der Waals surface area contributed by atoms with E-state index in [9.17, 15) is 0 Å². The number of rotatable bonds is 6. The molecule has 2 rings (SSSR count). The van der Waals surface area contributed by atoms with E-state index in [1.54, 1.807) is 23.3 Å². The summed E-state index contributed by atoms with van der Waals surface area (Å²) in [6.07, 6.45) is 5.84. The molecular weight excluding hydrogens is 246 g/mol. The van der Waals surface area contributed by atoms with Crippen molar-refractivity contribution >= 4 is 5.95 Å². The number of nitrogens with zero attached hydrogens (tertiary/aromatic N) is 6. The van der Waals surface area contributed by atoms with Crippen molar-refractivity contribution in [1.82, 2.24) is 29.4 Å². The Bertz CT molecular complexity index is 512. The van der Waals surface area contributed by atoms with Crippen molar-refractivity contribution in [2.75, 3.05) is 33.0 Å². The zero-order chi connectivity index (χ0) is 13.7. The van der Waals surface area contributed by atoms with Gasteiger partial charge < -0.3 is 15.4 Å². The normalized spacial score (nSPS) is 10.9. The monoisotopic (exact) mass is 263 g/mol. The first-order chi connectivity index (χ1) is 9.15. The van der Waals surface area contributed by atoms with E-state index in [4.69, 9.17) is 10.5 Å². The Morgan fingerprint density at radius 3 is 2.84 bits per heavy atom. The van der Waals surface area contributed by atoms with Crippen molar-refractivity contribution in [3.63, 3.8) is 0 Å². The Kier molecular flexibility index (Phi) is 4.24. The van der Waals surface area contributed by atoms with Crippen LogP contribution in [0.4, 0.5) is 5.95 Å². The molecule has 0 aliphatic rings. The molecule has 0 aliphatic carbocycles. The summed E-state index contributed by atoms with van der Waals surface area (Å²) in [7, 11) is 4.02. The molecule has 0 saturated heterocycles. The predicted molar refractivity (Wildman–Crippen MR) is 70.0 cm³/mol. The maximum atomic E-state index is 5.63.